The summed E-state index contributed by atoms with van der Waals surface area (Å²) in [5, 5.41) is 3.37. The normalized spacial score (nSPS) is 21.4. The van der Waals surface area contributed by atoms with Crippen molar-refractivity contribution in [1.82, 2.24) is 19.8 Å². The number of nitrogens with zero attached hydrogens (tertiary/aromatic N) is 3. The van der Waals surface area contributed by atoms with Crippen LogP contribution in [0, 0.1) is 18.3 Å². The molecule has 9 nitrogen and oxygen atoms in total. The smallest absolute Gasteiger partial charge is 0.339 e. The molecular formula is C28H34N4O5S. The van der Waals surface area contributed by atoms with Crippen LogP contribution < -0.4 is 5.32 Å². The van der Waals surface area contributed by atoms with Crippen LogP contribution in [-0.4, -0.2) is 64.6 Å². The van der Waals surface area contributed by atoms with Gasteiger partial charge in [0.25, 0.3) is 0 Å². The molecule has 5 heterocycles. The number of thiophene rings is 1. The molecule has 0 aliphatic carbocycles. The van der Waals surface area contributed by atoms with Gasteiger partial charge in [-0.2, -0.15) is 0 Å². The molecule has 10 heteroatoms. The molecule has 2 saturated heterocycles. The van der Waals surface area contributed by atoms with Gasteiger partial charge in [-0.05, 0) is 32.0 Å². The van der Waals surface area contributed by atoms with E-state index in [0.29, 0.717) is 25.3 Å². The second kappa shape index (κ2) is 10.2. The summed E-state index contributed by atoms with van der Waals surface area (Å²) < 4.78 is 14.4. The molecule has 2 fully saturated rings. The third kappa shape index (κ3) is 4.54. The maximum atomic E-state index is 13.0. The monoisotopic (exact) mass is 538 g/mol. The van der Waals surface area contributed by atoms with Crippen LogP contribution in [-0.2, 0) is 32.2 Å². The standard InChI is InChI=1S/C28H34N4O5S/c1-6-36-26(34)21-12-23(31(17(21)3)14-18-13-29-9-10-37-18)20-7-8-30-22-11-19(38-24(20)22)15-32-25(33)16(2)28(4,5)27(32)35/h7-8,11-12,16,18,29H,6,9-10,13-15H2,1-5H3. The molecule has 0 spiro atoms. The summed E-state index contributed by atoms with van der Waals surface area (Å²) in [6, 6.07) is 5.77. The minimum Gasteiger partial charge on any atom is -0.462 e. The van der Waals surface area contributed by atoms with E-state index in [-0.39, 0.29) is 36.4 Å². The molecule has 2 aliphatic rings. The lowest BCUT2D eigenvalue weighted by Gasteiger charge is -2.25. The van der Waals surface area contributed by atoms with Crippen molar-refractivity contribution in [3.8, 4) is 11.3 Å². The van der Waals surface area contributed by atoms with Gasteiger partial charge in [-0.1, -0.05) is 20.8 Å². The third-order valence-electron chi connectivity index (χ3n) is 7.82. The summed E-state index contributed by atoms with van der Waals surface area (Å²) in [4.78, 5) is 45.5. The topological polar surface area (TPSA) is 103 Å². The van der Waals surface area contributed by atoms with Crippen molar-refractivity contribution in [2.45, 2.75) is 53.8 Å². The molecule has 2 atom stereocenters. The molecule has 202 valence electrons. The van der Waals surface area contributed by atoms with Gasteiger partial charge in [-0.15, -0.1) is 11.3 Å². The van der Waals surface area contributed by atoms with Crippen molar-refractivity contribution in [1.29, 1.82) is 0 Å². The Bertz CT molecular complexity index is 1400. The summed E-state index contributed by atoms with van der Waals surface area (Å²) in [6.07, 6.45) is 1.72. The lowest BCUT2D eigenvalue weighted by atomic mass is 9.82. The summed E-state index contributed by atoms with van der Waals surface area (Å²) in [6.45, 7) is 12.5. The fourth-order valence-corrected chi connectivity index (χ4v) is 6.33. The minimum atomic E-state index is -0.713. The third-order valence-corrected chi connectivity index (χ3v) is 8.96. The van der Waals surface area contributed by atoms with Crippen molar-refractivity contribution in [2.24, 2.45) is 11.3 Å². The van der Waals surface area contributed by atoms with Gasteiger partial charge in [0, 0.05) is 41.3 Å². The predicted octanol–water partition coefficient (Wildman–Crippen LogP) is 3.77. The summed E-state index contributed by atoms with van der Waals surface area (Å²) in [5.74, 6) is -1.00. The second-order valence-electron chi connectivity index (χ2n) is 10.5. The van der Waals surface area contributed by atoms with Crippen LogP contribution in [0.3, 0.4) is 0 Å². The lowest BCUT2D eigenvalue weighted by Crippen LogP contribution is -2.41. The van der Waals surface area contributed by atoms with E-state index in [9.17, 15) is 14.4 Å². The van der Waals surface area contributed by atoms with Crippen LogP contribution in [0.1, 0.15) is 48.6 Å². The number of nitrogens with one attached hydrogen (secondary N) is 1. The molecule has 2 amide bonds. The zero-order valence-electron chi connectivity index (χ0n) is 22.5. The van der Waals surface area contributed by atoms with Gasteiger partial charge in [-0.25, -0.2) is 4.79 Å². The Kier molecular flexibility index (Phi) is 7.15. The fourth-order valence-electron chi connectivity index (χ4n) is 5.21. The molecule has 0 bridgehead atoms. The fraction of sp³-hybridized carbons (Fsp3) is 0.500. The van der Waals surface area contributed by atoms with Crippen molar-refractivity contribution >= 4 is 39.3 Å². The number of esters is 1. The number of aromatic nitrogens is 2. The molecule has 0 radical (unpaired) electrons. The largest absolute Gasteiger partial charge is 0.462 e. The maximum absolute atomic E-state index is 13.0. The summed E-state index contributed by atoms with van der Waals surface area (Å²) >= 11 is 1.52. The zero-order chi connectivity index (χ0) is 27.2. The van der Waals surface area contributed by atoms with E-state index in [1.807, 2.05) is 45.9 Å². The van der Waals surface area contributed by atoms with Gasteiger partial charge in [0.15, 0.2) is 0 Å². The van der Waals surface area contributed by atoms with E-state index in [1.54, 1.807) is 13.1 Å². The van der Waals surface area contributed by atoms with E-state index >= 15 is 0 Å². The first-order valence-electron chi connectivity index (χ1n) is 13.1. The average Bonchev–Trinajstić information content (AvgIpc) is 3.50. The Balaban J connectivity index is 1.55. The first-order chi connectivity index (χ1) is 18.1. The molecule has 38 heavy (non-hydrogen) atoms. The Morgan fingerprint density at radius 2 is 2.11 bits per heavy atom. The second-order valence-corrected chi connectivity index (χ2v) is 11.7. The van der Waals surface area contributed by atoms with E-state index in [4.69, 9.17) is 9.47 Å². The first kappa shape index (κ1) is 26.5. The van der Waals surface area contributed by atoms with Crippen LogP contribution in [0.15, 0.2) is 24.4 Å². The maximum Gasteiger partial charge on any atom is 0.339 e. The molecule has 2 aliphatic heterocycles. The van der Waals surface area contributed by atoms with Gasteiger partial charge in [0.1, 0.15) is 0 Å². The van der Waals surface area contributed by atoms with Crippen LogP contribution in [0.4, 0.5) is 0 Å². The molecule has 5 rings (SSSR count). The van der Waals surface area contributed by atoms with Crippen molar-refractivity contribution < 1.29 is 23.9 Å². The van der Waals surface area contributed by atoms with Crippen LogP contribution in [0.5, 0.6) is 0 Å². The van der Waals surface area contributed by atoms with E-state index in [0.717, 1.165) is 45.1 Å². The highest BCUT2D eigenvalue weighted by atomic mass is 32.1. The predicted molar refractivity (Wildman–Crippen MR) is 145 cm³/mol. The molecule has 2 unspecified atom stereocenters. The molecule has 0 saturated carbocycles. The number of imide groups is 1. The number of carbonyl (C=O) groups is 3. The lowest BCUT2D eigenvalue weighted by molar-refractivity contribution is -0.141. The Morgan fingerprint density at radius 3 is 2.76 bits per heavy atom. The molecule has 1 N–H and O–H groups in total. The van der Waals surface area contributed by atoms with Crippen LogP contribution in [0.2, 0.25) is 0 Å². The number of carbonyl (C=O) groups excluding carboxylic acids is 3. The SMILES string of the molecule is CCOC(=O)c1cc(-c2ccnc3cc(CN4C(=O)C(C)C(C)(C)C4=O)sc23)n(CC2CNCCO2)c1C. The van der Waals surface area contributed by atoms with Gasteiger partial charge in [-0.3, -0.25) is 19.5 Å². The van der Waals surface area contributed by atoms with Gasteiger partial charge in [0.05, 0.1) is 59.3 Å². The number of fused-ring (bicyclic) bond motifs is 1. The number of amides is 2. The Labute approximate surface area is 226 Å². The highest BCUT2D eigenvalue weighted by Gasteiger charge is 2.51. The van der Waals surface area contributed by atoms with Crippen molar-refractivity contribution in [2.75, 3.05) is 26.3 Å². The Morgan fingerprint density at radius 1 is 1.32 bits per heavy atom. The summed E-state index contributed by atoms with van der Waals surface area (Å²) in [7, 11) is 0. The highest BCUT2D eigenvalue weighted by molar-refractivity contribution is 7.19. The zero-order valence-corrected chi connectivity index (χ0v) is 23.3. The minimum absolute atomic E-state index is 0.0302. The number of hydrogen-bond acceptors (Lipinski definition) is 8. The highest BCUT2D eigenvalue weighted by Crippen LogP contribution is 2.40. The number of morpholine rings is 1. The molecule has 3 aromatic heterocycles. The first-order valence-corrected chi connectivity index (χ1v) is 13.9. The van der Waals surface area contributed by atoms with E-state index in [2.05, 4.69) is 14.9 Å². The molecule has 3 aromatic rings. The Hall–Kier alpha value is -3.08. The molecular weight excluding hydrogens is 504 g/mol. The van der Waals surface area contributed by atoms with E-state index < -0.39 is 5.41 Å². The number of likely N-dealkylation sites (tertiary alicyclic amines) is 1. The quantitative estimate of drug-likeness (QED) is 0.361. The molecule has 0 aromatic carbocycles. The van der Waals surface area contributed by atoms with Gasteiger partial charge in [0.2, 0.25) is 11.8 Å². The van der Waals surface area contributed by atoms with Crippen LogP contribution >= 0.6 is 11.3 Å². The van der Waals surface area contributed by atoms with Crippen LogP contribution in [0.25, 0.3) is 21.5 Å². The van der Waals surface area contributed by atoms with Gasteiger partial charge < -0.3 is 19.4 Å². The van der Waals surface area contributed by atoms with Crippen molar-refractivity contribution in [3.05, 3.63) is 40.5 Å². The van der Waals surface area contributed by atoms with E-state index in [1.165, 1.54) is 16.2 Å². The average molecular weight is 539 g/mol. The number of rotatable bonds is 7. The van der Waals surface area contributed by atoms with Gasteiger partial charge >= 0.3 is 5.97 Å². The van der Waals surface area contributed by atoms with Crippen molar-refractivity contribution in [3.63, 3.8) is 0 Å². The number of ether oxygens (including phenoxy) is 2. The number of pyridine rings is 1. The number of hydrogen-bond donors (Lipinski definition) is 1. The summed E-state index contributed by atoms with van der Waals surface area (Å²) in [5.41, 5.74) is 3.23.